The van der Waals surface area contributed by atoms with Crippen LogP contribution in [0.2, 0.25) is 0 Å². The predicted octanol–water partition coefficient (Wildman–Crippen LogP) is 3.69. The SMILES string of the molecule is CC(C)n1ncnc1CC(N)c1cc(Br)sc1Br. The lowest BCUT2D eigenvalue weighted by Crippen LogP contribution is -2.17. The molecule has 0 aliphatic heterocycles. The third-order valence-corrected chi connectivity index (χ3v) is 5.01. The quantitative estimate of drug-likeness (QED) is 0.861. The van der Waals surface area contributed by atoms with E-state index in [9.17, 15) is 0 Å². The molecule has 1 atom stereocenters. The van der Waals surface area contributed by atoms with Crippen molar-refractivity contribution in [1.82, 2.24) is 14.8 Å². The highest BCUT2D eigenvalue weighted by atomic mass is 79.9. The van der Waals surface area contributed by atoms with Gasteiger partial charge in [0.2, 0.25) is 0 Å². The second kappa shape index (κ2) is 5.81. The summed E-state index contributed by atoms with van der Waals surface area (Å²) in [6, 6.07) is 2.27. The maximum Gasteiger partial charge on any atom is 0.138 e. The summed E-state index contributed by atoms with van der Waals surface area (Å²) in [7, 11) is 0. The van der Waals surface area contributed by atoms with Gasteiger partial charge in [-0.15, -0.1) is 11.3 Å². The summed E-state index contributed by atoms with van der Waals surface area (Å²) in [5, 5.41) is 4.22. The Bertz CT molecular complexity index is 535. The first-order chi connectivity index (χ1) is 8.49. The Morgan fingerprint density at radius 3 is 2.72 bits per heavy atom. The van der Waals surface area contributed by atoms with E-state index in [0.29, 0.717) is 12.5 Å². The van der Waals surface area contributed by atoms with Crippen molar-refractivity contribution in [2.45, 2.75) is 32.4 Å². The van der Waals surface area contributed by atoms with Gasteiger partial charge in [0, 0.05) is 18.5 Å². The maximum atomic E-state index is 6.24. The molecule has 2 aromatic heterocycles. The van der Waals surface area contributed by atoms with Crippen molar-refractivity contribution < 1.29 is 0 Å². The molecule has 0 aromatic carbocycles. The topological polar surface area (TPSA) is 56.7 Å². The Balaban J connectivity index is 2.18. The zero-order valence-corrected chi connectivity index (χ0v) is 14.1. The molecule has 0 radical (unpaired) electrons. The van der Waals surface area contributed by atoms with E-state index in [-0.39, 0.29) is 6.04 Å². The Labute approximate surface area is 127 Å². The van der Waals surface area contributed by atoms with Crippen LogP contribution in [0, 0.1) is 0 Å². The van der Waals surface area contributed by atoms with Crippen molar-refractivity contribution in [3.05, 3.63) is 31.4 Å². The molecule has 0 saturated heterocycles. The first kappa shape index (κ1) is 14.2. The number of nitrogens with two attached hydrogens (primary N) is 1. The number of halogens is 2. The minimum Gasteiger partial charge on any atom is -0.324 e. The van der Waals surface area contributed by atoms with Gasteiger partial charge >= 0.3 is 0 Å². The van der Waals surface area contributed by atoms with E-state index in [2.05, 4.69) is 61.9 Å². The fourth-order valence-corrected chi connectivity index (χ4v) is 4.76. The van der Waals surface area contributed by atoms with Crippen LogP contribution in [0.1, 0.15) is 37.3 Å². The minimum absolute atomic E-state index is 0.0800. The number of rotatable bonds is 4. The average Bonchev–Trinajstić information content (AvgIpc) is 2.85. The molecule has 0 aliphatic rings. The van der Waals surface area contributed by atoms with Crippen LogP contribution in [0.5, 0.6) is 0 Å². The fraction of sp³-hybridized carbons (Fsp3) is 0.455. The van der Waals surface area contributed by atoms with E-state index in [1.54, 1.807) is 17.7 Å². The molecule has 0 aliphatic carbocycles. The van der Waals surface area contributed by atoms with E-state index < -0.39 is 0 Å². The summed E-state index contributed by atoms with van der Waals surface area (Å²) in [4.78, 5) is 4.29. The van der Waals surface area contributed by atoms with E-state index in [0.717, 1.165) is 19.0 Å². The molecule has 98 valence electrons. The molecule has 4 nitrogen and oxygen atoms in total. The Kier molecular flexibility index (Phi) is 4.58. The molecule has 1 unspecified atom stereocenters. The van der Waals surface area contributed by atoms with Crippen LogP contribution in [-0.2, 0) is 6.42 Å². The van der Waals surface area contributed by atoms with Crippen LogP contribution in [0.3, 0.4) is 0 Å². The van der Waals surface area contributed by atoms with E-state index >= 15 is 0 Å². The highest BCUT2D eigenvalue weighted by molar-refractivity contribution is 9.12. The van der Waals surface area contributed by atoms with E-state index in [1.165, 1.54) is 0 Å². The summed E-state index contributed by atoms with van der Waals surface area (Å²) in [6.45, 7) is 4.17. The predicted molar refractivity (Wildman–Crippen MR) is 80.8 cm³/mol. The summed E-state index contributed by atoms with van der Waals surface area (Å²) in [6.07, 6.45) is 2.26. The average molecular weight is 394 g/mol. The zero-order valence-electron chi connectivity index (χ0n) is 10.1. The van der Waals surface area contributed by atoms with Gasteiger partial charge in [-0.1, -0.05) is 0 Å². The van der Waals surface area contributed by atoms with Crippen molar-refractivity contribution in [3.63, 3.8) is 0 Å². The second-order valence-electron chi connectivity index (χ2n) is 4.30. The van der Waals surface area contributed by atoms with Crippen LogP contribution >= 0.6 is 43.2 Å². The first-order valence-corrected chi connectivity index (χ1v) is 7.98. The van der Waals surface area contributed by atoms with E-state index in [1.807, 2.05) is 4.68 Å². The summed E-state index contributed by atoms with van der Waals surface area (Å²) >= 11 is 8.63. The van der Waals surface area contributed by atoms with Crippen LogP contribution in [-0.4, -0.2) is 14.8 Å². The smallest absolute Gasteiger partial charge is 0.138 e. The molecule has 2 rings (SSSR count). The van der Waals surface area contributed by atoms with Crippen molar-refractivity contribution in [2.24, 2.45) is 5.73 Å². The molecule has 0 spiro atoms. The van der Waals surface area contributed by atoms with Crippen molar-refractivity contribution >= 4 is 43.2 Å². The lowest BCUT2D eigenvalue weighted by molar-refractivity contribution is 0.493. The zero-order chi connectivity index (χ0) is 13.3. The number of hydrogen-bond acceptors (Lipinski definition) is 4. The molecule has 0 amide bonds. The number of nitrogens with zero attached hydrogens (tertiary/aromatic N) is 3. The van der Waals surface area contributed by atoms with Crippen molar-refractivity contribution in [1.29, 1.82) is 0 Å². The molecule has 2 heterocycles. The number of aromatic nitrogens is 3. The molecule has 18 heavy (non-hydrogen) atoms. The first-order valence-electron chi connectivity index (χ1n) is 5.57. The molecule has 0 bridgehead atoms. The van der Waals surface area contributed by atoms with Gasteiger partial charge in [0.05, 0.1) is 7.57 Å². The van der Waals surface area contributed by atoms with Gasteiger partial charge in [0.15, 0.2) is 0 Å². The molecule has 0 saturated carbocycles. The molecule has 0 fully saturated rings. The monoisotopic (exact) mass is 392 g/mol. The highest BCUT2D eigenvalue weighted by Gasteiger charge is 2.17. The normalized spacial score (nSPS) is 13.2. The van der Waals surface area contributed by atoms with Crippen LogP contribution in [0.15, 0.2) is 20.0 Å². The van der Waals surface area contributed by atoms with Gasteiger partial charge < -0.3 is 5.73 Å². The third-order valence-electron chi connectivity index (χ3n) is 2.62. The highest BCUT2D eigenvalue weighted by Crippen LogP contribution is 2.35. The van der Waals surface area contributed by atoms with Gasteiger partial charge in [-0.2, -0.15) is 5.10 Å². The third kappa shape index (κ3) is 3.01. The summed E-state index contributed by atoms with van der Waals surface area (Å²) in [5.74, 6) is 0.923. The van der Waals surface area contributed by atoms with Gasteiger partial charge in [-0.3, -0.25) is 0 Å². The van der Waals surface area contributed by atoms with Crippen LogP contribution in [0.25, 0.3) is 0 Å². The molecule has 2 aromatic rings. The molecule has 7 heteroatoms. The standard InChI is InChI=1S/C11H14Br2N4S/c1-6(2)17-10(15-5-16-17)4-8(14)7-3-9(12)18-11(7)13/h3,5-6,8H,4,14H2,1-2H3. The van der Waals surface area contributed by atoms with Crippen molar-refractivity contribution in [3.8, 4) is 0 Å². The van der Waals surface area contributed by atoms with Gasteiger partial charge in [-0.25, -0.2) is 9.67 Å². The Morgan fingerprint density at radius 1 is 1.44 bits per heavy atom. The van der Waals surface area contributed by atoms with Crippen LogP contribution < -0.4 is 5.73 Å². The van der Waals surface area contributed by atoms with Crippen molar-refractivity contribution in [2.75, 3.05) is 0 Å². The van der Waals surface area contributed by atoms with Gasteiger partial charge in [-0.05, 0) is 57.3 Å². The fourth-order valence-electron chi connectivity index (χ4n) is 1.76. The van der Waals surface area contributed by atoms with Gasteiger partial charge in [0.1, 0.15) is 12.2 Å². The number of hydrogen-bond donors (Lipinski definition) is 1. The lowest BCUT2D eigenvalue weighted by atomic mass is 10.1. The molecular formula is C11H14Br2N4S. The molecule has 2 N–H and O–H groups in total. The largest absolute Gasteiger partial charge is 0.324 e. The summed E-state index contributed by atoms with van der Waals surface area (Å²) in [5.41, 5.74) is 7.35. The van der Waals surface area contributed by atoms with E-state index in [4.69, 9.17) is 5.73 Å². The lowest BCUT2D eigenvalue weighted by Gasteiger charge is -2.13. The van der Waals surface area contributed by atoms with Gasteiger partial charge in [0.25, 0.3) is 0 Å². The Morgan fingerprint density at radius 2 is 2.17 bits per heavy atom. The number of thiophene rings is 1. The second-order valence-corrected chi connectivity index (χ2v) is 8.05. The minimum atomic E-state index is -0.0800. The van der Waals surface area contributed by atoms with Crippen LogP contribution in [0.4, 0.5) is 0 Å². The Hall–Kier alpha value is -0.240. The maximum absolute atomic E-state index is 6.24. The molecular weight excluding hydrogens is 380 g/mol. The summed E-state index contributed by atoms with van der Waals surface area (Å²) < 4.78 is 4.05.